The Kier molecular flexibility index (Phi) is 2.11. The molecule has 0 aliphatic carbocycles. The molecule has 2 heterocycles. The van der Waals surface area contributed by atoms with Gasteiger partial charge in [-0.1, -0.05) is 0 Å². The maximum Gasteiger partial charge on any atom is 0.239 e. The van der Waals surface area contributed by atoms with Crippen LogP contribution in [0.15, 0.2) is 18.3 Å². The molecule has 0 fully saturated rings. The zero-order chi connectivity index (χ0) is 9.97. The van der Waals surface area contributed by atoms with Crippen molar-refractivity contribution >= 4 is 22.8 Å². The normalized spacial score (nSPS) is 10.4. The minimum absolute atomic E-state index is 0.0548. The van der Waals surface area contributed by atoms with Crippen molar-refractivity contribution in [2.75, 3.05) is 11.9 Å². The number of nitrogens with one attached hydrogen (secondary N) is 2. The molecule has 0 aromatic carbocycles. The number of rotatable bonds is 2. The molecule has 14 heavy (non-hydrogen) atoms. The largest absolute Gasteiger partial charge is 0.322 e. The summed E-state index contributed by atoms with van der Waals surface area (Å²) >= 11 is 0. The lowest BCUT2D eigenvalue weighted by Gasteiger charge is -1.98. The van der Waals surface area contributed by atoms with Crippen LogP contribution in [0.2, 0.25) is 0 Å². The Morgan fingerprint density at radius 1 is 1.64 bits per heavy atom. The van der Waals surface area contributed by atoms with Crippen molar-refractivity contribution in [2.45, 2.75) is 0 Å². The fourth-order valence-electron chi connectivity index (χ4n) is 1.14. The summed E-state index contributed by atoms with van der Waals surface area (Å²) in [6, 6.07) is 3.59. The number of pyridine rings is 1. The van der Waals surface area contributed by atoms with E-state index < -0.39 is 0 Å². The molecule has 0 spiro atoms. The average Bonchev–Trinajstić information content (AvgIpc) is 2.62. The lowest BCUT2D eigenvalue weighted by molar-refractivity contribution is -0.114. The van der Waals surface area contributed by atoms with Gasteiger partial charge >= 0.3 is 0 Å². The van der Waals surface area contributed by atoms with Crippen LogP contribution in [0.3, 0.4) is 0 Å². The van der Waals surface area contributed by atoms with Gasteiger partial charge in [-0.25, -0.2) is 4.98 Å². The SMILES string of the molecule is NCC(=O)Nc1[nH]nc2ncccc12. The van der Waals surface area contributed by atoms with Crippen LogP contribution >= 0.6 is 0 Å². The van der Waals surface area contributed by atoms with E-state index in [1.807, 2.05) is 6.07 Å². The average molecular weight is 191 g/mol. The molecule has 0 unspecified atom stereocenters. The van der Waals surface area contributed by atoms with Crippen LogP contribution in [0.5, 0.6) is 0 Å². The molecule has 0 bridgehead atoms. The van der Waals surface area contributed by atoms with Crippen molar-refractivity contribution in [3.8, 4) is 0 Å². The van der Waals surface area contributed by atoms with Crippen molar-refractivity contribution in [3.63, 3.8) is 0 Å². The molecule has 0 saturated heterocycles. The van der Waals surface area contributed by atoms with Gasteiger partial charge in [0.25, 0.3) is 0 Å². The van der Waals surface area contributed by atoms with Gasteiger partial charge in [-0.05, 0) is 12.1 Å². The fraction of sp³-hybridized carbons (Fsp3) is 0.125. The molecule has 2 rings (SSSR count). The van der Waals surface area contributed by atoms with Crippen LogP contribution in [0, 0.1) is 0 Å². The smallest absolute Gasteiger partial charge is 0.239 e. The Morgan fingerprint density at radius 2 is 2.50 bits per heavy atom. The van der Waals surface area contributed by atoms with Crippen LogP contribution in [-0.4, -0.2) is 27.6 Å². The second-order valence-electron chi connectivity index (χ2n) is 2.73. The second-order valence-corrected chi connectivity index (χ2v) is 2.73. The van der Waals surface area contributed by atoms with E-state index in [0.29, 0.717) is 11.5 Å². The first-order chi connectivity index (χ1) is 6.81. The summed E-state index contributed by atoms with van der Waals surface area (Å²) in [6.45, 7) is -0.0548. The second kappa shape index (κ2) is 3.43. The number of nitrogens with zero attached hydrogens (tertiary/aromatic N) is 2. The Balaban J connectivity index is 2.38. The van der Waals surface area contributed by atoms with E-state index in [9.17, 15) is 4.79 Å². The molecular formula is C8H9N5O. The molecule has 0 aliphatic heterocycles. The van der Waals surface area contributed by atoms with Gasteiger partial charge in [-0.15, -0.1) is 0 Å². The first kappa shape index (κ1) is 8.64. The summed E-state index contributed by atoms with van der Waals surface area (Å²) in [6.07, 6.45) is 1.64. The van der Waals surface area contributed by atoms with Crippen LogP contribution in [0.25, 0.3) is 11.0 Å². The summed E-state index contributed by atoms with van der Waals surface area (Å²) in [7, 11) is 0. The molecule has 2 aromatic heterocycles. The number of nitrogens with two attached hydrogens (primary N) is 1. The Morgan fingerprint density at radius 3 is 3.29 bits per heavy atom. The van der Waals surface area contributed by atoms with E-state index >= 15 is 0 Å². The van der Waals surface area contributed by atoms with Crippen molar-refractivity contribution in [3.05, 3.63) is 18.3 Å². The molecular weight excluding hydrogens is 182 g/mol. The number of carbonyl (C=O) groups is 1. The number of hydrogen-bond donors (Lipinski definition) is 3. The van der Waals surface area contributed by atoms with Crippen LogP contribution in [0.1, 0.15) is 0 Å². The lowest BCUT2D eigenvalue weighted by Crippen LogP contribution is -2.22. The molecule has 4 N–H and O–H groups in total. The van der Waals surface area contributed by atoms with Crippen molar-refractivity contribution in [1.29, 1.82) is 0 Å². The fourth-order valence-corrected chi connectivity index (χ4v) is 1.14. The molecule has 1 amide bonds. The predicted molar refractivity (Wildman–Crippen MR) is 51.6 cm³/mol. The Bertz CT molecular complexity index is 463. The summed E-state index contributed by atoms with van der Waals surface area (Å²) in [4.78, 5) is 15.0. The highest BCUT2D eigenvalue weighted by Gasteiger charge is 2.07. The maximum atomic E-state index is 11.0. The van der Waals surface area contributed by atoms with E-state index in [0.717, 1.165) is 5.39 Å². The van der Waals surface area contributed by atoms with E-state index in [2.05, 4.69) is 20.5 Å². The van der Waals surface area contributed by atoms with Gasteiger partial charge in [0.2, 0.25) is 5.91 Å². The number of hydrogen-bond acceptors (Lipinski definition) is 4. The summed E-state index contributed by atoms with van der Waals surface area (Å²) in [5.74, 6) is 0.267. The molecule has 6 nitrogen and oxygen atoms in total. The van der Waals surface area contributed by atoms with Gasteiger partial charge in [0, 0.05) is 6.20 Å². The third kappa shape index (κ3) is 1.42. The predicted octanol–water partition coefficient (Wildman–Crippen LogP) is -0.145. The molecule has 0 saturated carbocycles. The molecule has 6 heteroatoms. The number of aromatic nitrogens is 3. The zero-order valence-corrected chi connectivity index (χ0v) is 7.32. The minimum atomic E-state index is -0.264. The molecule has 0 aliphatic rings. The minimum Gasteiger partial charge on any atom is -0.322 e. The van der Waals surface area contributed by atoms with Crippen molar-refractivity contribution in [2.24, 2.45) is 5.73 Å². The number of fused-ring (bicyclic) bond motifs is 1. The van der Waals surface area contributed by atoms with E-state index in [4.69, 9.17) is 5.73 Å². The summed E-state index contributed by atoms with van der Waals surface area (Å²) in [5.41, 5.74) is 5.74. The standard InChI is InChI=1S/C8H9N5O/c9-4-6(14)11-8-5-2-1-3-10-7(5)12-13-8/h1-3H,4,9H2,(H2,10,11,12,13,14). The first-order valence-electron chi connectivity index (χ1n) is 4.10. The first-order valence-corrected chi connectivity index (χ1v) is 4.10. The highest BCUT2D eigenvalue weighted by Crippen LogP contribution is 2.16. The topological polar surface area (TPSA) is 96.7 Å². The number of anilines is 1. The Hall–Kier alpha value is -1.95. The summed E-state index contributed by atoms with van der Waals surface area (Å²) < 4.78 is 0. The van der Waals surface area contributed by atoms with Crippen LogP contribution in [-0.2, 0) is 4.79 Å². The molecule has 0 radical (unpaired) electrons. The lowest BCUT2D eigenvalue weighted by atomic mass is 10.3. The molecule has 2 aromatic rings. The third-order valence-corrected chi connectivity index (χ3v) is 1.78. The van der Waals surface area contributed by atoms with Crippen molar-refractivity contribution in [1.82, 2.24) is 15.2 Å². The number of aromatic amines is 1. The third-order valence-electron chi connectivity index (χ3n) is 1.78. The van der Waals surface area contributed by atoms with Crippen LogP contribution < -0.4 is 11.1 Å². The van der Waals surface area contributed by atoms with Crippen LogP contribution in [0.4, 0.5) is 5.82 Å². The number of H-pyrrole nitrogens is 1. The van der Waals surface area contributed by atoms with Gasteiger partial charge in [0.1, 0.15) is 5.82 Å². The maximum absolute atomic E-state index is 11.0. The quantitative estimate of drug-likeness (QED) is 0.615. The van der Waals surface area contributed by atoms with E-state index in [1.54, 1.807) is 12.3 Å². The van der Waals surface area contributed by atoms with Gasteiger partial charge in [0.05, 0.1) is 11.9 Å². The summed E-state index contributed by atoms with van der Waals surface area (Å²) in [5, 5.41) is 9.96. The number of carbonyl (C=O) groups excluding carboxylic acids is 1. The zero-order valence-electron chi connectivity index (χ0n) is 7.32. The van der Waals surface area contributed by atoms with E-state index in [1.165, 1.54) is 0 Å². The monoisotopic (exact) mass is 191 g/mol. The highest BCUT2D eigenvalue weighted by atomic mass is 16.1. The van der Waals surface area contributed by atoms with Gasteiger partial charge in [-0.2, -0.15) is 5.10 Å². The van der Waals surface area contributed by atoms with Gasteiger partial charge in [-0.3, -0.25) is 9.89 Å². The molecule has 72 valence electrons. The Labute approximate surface area is 79.5 Å². The van der Waals surface area contributed by atoms with E-state index in [-0.39, 0.29) is 12.5 Å². The van der Waals surface area contributed by atoms with Gasteiger partial charge < -0.3 is 11.1 Å². The number of amides is 1. The van der Waals surface area contributed by atoms with Crippen molar-refractivity contribution < 1.29 is 4.79 Å². The molecule has 0 atom stereocenters. The highest BCUT2D eigenvalue weighted by molar-refractivity contribution is 5.99. The van der Waals surface area contributed by atoms with Gasteiger partial charge in [0.15, 0.2) is 5.65 Å².